The Morgan fingerprint density at radius 2 is 1.07 bits per heavy atom. The van der Waals surface area contributed by atoms with Crippen LogP contribution >= 0.6 is 77.3 Å². The number of nitrogens with one attached hydrogen (secondary N) is 2. The van der Waals surface area contributed by atoms with E-state index < -0.39 is 156 Å². The summed E-state index contributed by atoms with van der Waals surface area (Å²) >= 11 is 1.54. The van der Waals surface area contributed by atoms with Crippen LogP contribution in [0.1, 0.15) is 124 Å². The van der Waals surface area contributed by atoms with Crippen LogP contribution in [0.5, 0.6) is 0 Å². The average molecular weight is 1940 g/mol. The van der Waals surface area contributed by atoms with Gasteiger partial charge in [-0.05, 0) is 92.8 Å². The number of carbonyl (C=O) groups excluding carboxylic acids is 2. The summed E-state index contributed by atoms with van der Waals surface area (Å²) in [6, 6.07) is 4.00. The van der Waals surface area contributed by atoms with Crippen LogP contribution in [0.25, 0.3) is 11.2 Å². The first-order chi connectivity index (χ1) is 51.8. The van der Waals surface area contributed by atoms with Crippen molar-refractivity contribution >= 4 is 164 Å². The Kier molecular flexibility index (Phi) is 33.9. The van der Waals surface area contributed by atoms with Crippen molar-refractivity contribution in [3.63, 3.8) is 0 Å². The van der Waals surface area contributed by atoms with Crippen LogP contribution < -0.4 is 21.3 Å². The molecular formula is C54H82IN9O38P7S4+. The minimum absolute atomic E-state index is 0.00513. The molecule has 6 rings (SSSR count). The number of phosphoric acid groups is 7. The Balaban J connectivity index is 1.09. The lowest BCUT2D eigenvalue weighted by molar-refractivity contribution is -0.437. The number of alkyl halides is 1. The summed E-state index contributed by atoms with van der Waals surface area (Å²) in [5.41, 5.74) is 4.23. The summed E-state index contributed by atoms with van der Waals surface area (Å²) in [5, 5.41) is 5.36. The maximum atomic E-state index is 14.2. The smallest absolute Gasteiger partial charge is 0.382 e. The first kappa shape index (κ1) is 97.6. The highest BCUT2D eigenvalue weighted by Gasteiger charge is 2.52. The van der Waals surface area contributed by atoms with Gasteiger partial charge in [-0.2, -0.15) is 59.8 Å². The molecule has 59 heteroatoms. The molecular weight excluding hydrogens is 1850 g/mol. The second kappa shape index (κ2) is 39.3. The van der Waals surface area contributed by atoms with Gasteiger partial charge in [0.05, 0.1) is 59.1 Å². The molecule has 2 amide bonds. The van der Waals surface area contributed by atoms with Gasteiger partial charge in [-0.3, -0.25) is 50.5 Å². The number of carbonyl (C=O) groups is 2. The molecule has 2 aromatic carbocycles. The number of imidazole rings is 1. The summed E-state index contributed by atoms with van der Waals surface area (Å²) < 4.78 is 270. The number of phosphoric ester groups is 3. The largest absolute Gasteiger partial charge is 0.490 e. The van der Waals surface area contributed by atoms with Crippen LogP contribution in [-0.4, -0.2) is 196 Å². The number of allylic oxidation sites excluding steroid dienone is 6. The number of nitrogens with zero attached hydrogens (tertiary/aromatic N) is 6. The topological polar surface area (TPSA) is 705 Å². The second-order valence-electron chi connectivity index (χ2n) is 25.2. The molecule has 636 valence electrons. The van der Waals surface area contributed by atoms with Gasteiger partial charge in [0.2, 0.25) is 5.69 Å². The van der Waals surface area contributed by atoms with E-state index in [4.69, 9.17) is 15.0 Å². The molecule has 8 unspecified atom stereocenters. The molecule has 4 heterocycles. The molecule has 47 nitrogen and oxygen atoms in total. The van der Waals surface area contributed by atoms with Crippen LogP contribution in [0, 0.1) is 0 Å². The highest BCUT2D eigenvalue weighted by Crippen LogP contribution is 2.75. The highest BCUT2D eigenvalue weighted by atomic mass is 127. The number of anilines is 2. The Morgan fingerprint density at radius 1 is 0.593 bits per heavy atom. The quantitative estimate of drug-likeness (QED) is 0.00398. The van der Waals surface area contributed by atoms with Gasteiger partial charge in [0.25, 0.3) is 52.3 Å². The first-order valence-electron chi connectivity index (χ1n) is 32.6. The monoisotopic (exact) mass is 1940 g/mol. The summed E-state index contributed by atoms with van der Waals surface area (Å²) in [5.74, 6) is -3.17. The van der Waals surface area contributed by atoms with Gasteiger partial charge in [-0.25, -0.2) is 46.9 Å². The number of aromatic nitrogens is 4. The molecule has 113 heavy (non-hydrogen) atoms. The number of nitrogens with two attached hydrogens (primary N) is 1. The van der Waals surface area contributed by atoms with Crippen molar-refractivity contribution in [3.05, 3.63) is 95.3 Å². The summed E-state index contributed by atoms with van der Waals surface area (Å²) in [6.07, 6.45) is 11.3. The number of hydrogen-bond donors (Lipinski definition) is 14. The van der Waals surface area contributed by atoms with E-state index in [-0.39, 0.29) is 134 Å². The minimum Gasteiger partial charge on any atom is -0.382 e. The number of hydrogen-bond acceptors (Lipinski definition) is 32. The van der Waals surface area contributed by atoms with Crippen molar-refractivity contribution < 1.29 is 177 Å². The normalized spacial score (nSPS) is 19.1. The Labute approximate surface area is 660 Å². The SMILES string of the molecule is COP(=O)(O)OCCCCCCNC(=O)c1cc(S(=O)(=O)O)cc2c1C(C)(C)\C(=C/C=C/C=C/C1=[N+](CCCS(=O)(=O)O)c3cc(S(=O)(=O)O)cc(C(=O)NCCCCCCOP(=O)(O)OP(=O)(O)OP(=O)(O)OP(=O)(O)OP(=O)(O)OP(=O)(O)OCC(I)OCn4cnc5c(N)ncnc54)c3C1(C)C)N2CCCS(=O)(=O)O. The van der Waals surface area contributed by atoms with Gasteiger partial charge in [0.15, 0.2) is 17.2 Å². The second-order valence-corrected chi connectivity index (χ2v) is 43.6. The molecule has 0 saturated carbocycles. The lowest BCUT2D eigenvalue weighted by Gasteiger charge is -2.27. The third-order valence-electron chi connectivity index (χ3n) is 15.9. The Morgan fingerprint density at radius 3 is 1.58 bits per heavy atom. The van der Waals surface area contributed by atoms with E-state index in [0.29, 0.717) is 31.4 Å². The summed E-state index contributed by atoms with van der Waals surface area (Å²) in [7, 11) is -60.0. The lowest BCUT2D eigenvalue weighted by Crippen LogP contribution is -2.32. The molecule has 0 saturated heterocycles. The molecule has 2 aliphatic heterocycles. The first-order valence-corrected chi connectivity index (χ1v) is 50.4. The zero-order chi connectivity index (χ0) is 85.0. The van der Waals surface area contributed by atoms with Crippen LogP contribution in [0.2, 0.25) is 0 Å². The molecule has 0 bridgehead atoms. The number of amides is 2. The zero-order valence-corrected chi connectivity index (χ0v) is 71.6. The maximum Gasteiger partial charge on any atom is 0.490 e. The van der Waals surface area contributed by atoms with Gasteiger partial charge in [0, 0.05) is 73.2 Å². The predicted octanol–water partition coefficient (Wildman–Crippen LogP) is 7.13. The van der Waals surface area contributed by atoms with E-state index in [1.807, 2.05) is 0 Å². The highest BCUT2D eigenvalue weighted by molar-refractivity contribution is 14.1. The van der Waals surface area contributed by atoms with Crippen LogP contribution in [-0.2, 0) is 134 Å². The molecule has 0 spiro atoms. The predicted molar refractivity (Wildman–Crippen MR) is 403 cm³/mol. The molecule has 2 aromatic heterocycles. The summed E-state index contributed by atoms with van der Waals surface area (Å²) in [4.78, 5) is 109. The van der Waals surface area contributed by atoms with Crippen molar-refractivity contribution in [1.82, 2.24) is 30.2 Å². The van der Waals surface area contributed by atoms with E-state index in [9.17, 15) is 128 Å². The van der Waals surface area contributed by atoms with E-state index in [1.54, 1.807) is 33.8 Å². The van der Waals surface area contributed by atoms with E-state index >= 15 is 0 Å². The zero-order valence-electron chi connectivity index (χ0n) is 59.9. The number of nitrogen functional groups attached to an aromatic ring is 1. The number of benzene rings is 2. The van der Waals surface area contributed by atoms with Crippen molar-refractivity contribution in [2.24, 2.45) is 0 Å². The summed E-state index contributed by atoms with van der Waals surface area (Å²) in [6.45, 7) is 3.94. The van der Waals surface area contributed by atoms with Crippen molar-refractivity contribution in [1.29, 1.82) is 0 Å². The number of halogens is 1. The van der Waals surface area contributed by atoms with E-state index in [0.717, 1.165) is 37.7 Å². The molecule has 15 N–H and O–H groups in total. The van der Waals surface area contributed by atoms with Crippen LogP contribution in [0.15, 0.2) is 82.8 Å². The molecule has 8 atom stereocenters. The average Bonchev–Trinajstić information content (AvgIpc) is 1.58. The molecule has 0 radical (unpaired) electrons. The fourth-order valence-electron chi connectivity index (χ4n) is 11.3. The Bertz CT molecular complexity index is 5190. The van der Waals surface area contributed by atoms with E-state index in [1.165, 1.54) is 67.3 Å². The van der Waals surface area contributed by atoms with Gasteiger partial charge in [-0.15, -0.1) is 0 Å². The van der Waals surface area contributed by atoms with Crippen LogP contribution in [0.3, 0.4) is 0 Å². The van der Waals surface area contributed by atoms with Crippen molar-refractivity contribution in [3.8, 4) is 0 Å². The van der Waals surface area contributed by atoms with Crippen molar-refractivity contribution in [2.75, 3.05) is 75.2 Å². The maximum absolute atomic E-state index is 14.2. The third-order valence-corrected chi connectivity index (χ3v) is 30.1. The Hall–Kier alpha value is -4.28. The van der Waals surface area contributed by atoms with Gasteiger partial charge in [0.1, 0.15) is 34.1 Å². The fraction of sp³-hybridized carbons (Fsp3) is 0.519. The number of unbranched alkanes of at least 4 members (excludes halogenated alkanes) is 6. The van der Waals surface area contributed by atoms with Gasteiger partial charge >= 0.3 is 54.8 Å². The number of rotatable bonds is 48. The number of fused-ring (bicyclic) bond motifs is 3. The lowest BCUT2D eigenvalue weighted by atomic mass is 9.78. The molecule has 0 aliphatic carbocycles. The number of ether oxygens (including phenoxy) is 1. The van der Waals surface area contributed by atoms with Gasteiger partial charge < -0.3 is 60.3 Å². The minimum atomic E-state index is -6.59. The molecule has 0 fully saturated rings. The molecule has 2 aliphatic rings. The molecule has 4 aromatic rings. The van der Waals surface area contributed by atoms with Crippen molar-refractivity contribution in [2.45, 2.75) is 123 Å². The van der Waals surface area contributed by atoms with Crippen LogP contribution in [0.4, 0.5) is 17.2 Å². The third kappa shape index (κ3) is 29.9. The van der Waals surface area contributed by atoms with Gasteiger partial charge in [-0.1, -0.05) is 57.8 Å². The fourth-order valence-corrected chi connectivity index (χ4v) is 22.3. The van der Waals surface area contributed by atoms with E-state index in [2.05, 4.69) is 60.7 Å². The standard InChI is InChI=1S/C54H81IN9O38P7S4/c1-53(2)43(63(23-17-27-110(81,82)83)41-31-37(112(87,88)89)29-39(46(41)53)51(65)57-21-13-6-8-15-25-95-103(67,68)93-5)19-11-10-12-20-44-54(3,4)47-40(30-38(113(90,91)92)32-42(47)64(44)24-18-28-111(84,85)86)52(66)58-22-14-7-9-16-26-96-104(69,70)98-106(73,74)100-108(77,78)102-109(79,80)101-107(75,76)99-105(71,72)97-33-45(55)94-36-62-35-61-48-49(56)59-34-60-50(48)62/h10-12,19-20,29-32,34-35,45H,6-9,13-18,21-28,33,36H2,1-5H3,(H14-,56,57,58,59,60,65,66,67,68,69,70,71,72,73,74,75,76,77,78,79,80,81,82,83,84,85,86,87,88,89,90,91,92)/p+1.